The van der Waals surface area contributed by atoms with Gasteiger partial charge in [0.05, 0.1) is 14.2 Å². The van der Waals surface area contributed by atoms with E-state index in [4.69, 9.17) is 9.47 Å². The molecule has 26 heavy (non-hydrogen) atoms. The molecule has 1 N–H and O–H groups in total. The van der Waals surface area contributed by atoms with E-state index in [1.165, 1.54) is 0 Å². The molecule has 134 valence electrons. The van der Waals surface area contributed by atoms with Gasteiger partial charge in [-0.25, -0.2) is 4.98 Å². The second kappa shape index (κ2) is 8.20. The van der Waals surface area contributed by atoms with Crippen LogP contribution in [-0.2, 0) is 6.54 Å². The standard InChI is InChI=1S/C20H22N4O2/c1-24(16-7-5-4-6-8-16)19-11-12-21-20(23-19)22-14-15-9-10-17(25-2)18(13-15)26-3/h4-13H,14H2,1-3H3,(H,21,22,23). The molecule has 1 aromatic heterocycles. The average molecular weight is 350 g/mol. The Balaban J connectivity index is 1.71. The molecular weight excluding hydrogens is 328 g/mol. The highest BCUT2D eigenvalue weighted by Gasteiger charge is 2.08. The molecule has 1 heterocycles. The van der Waals surface area contributed by atoms with E-state index in [2.05, 4.69) is 15.3 Å². The molecule has 2 aromatic carbocycles. The lowest BCUT2D eigenvalue weighted by Gasteiger charge is -2.18. The Kier molecular flexibility index (Phi) is 5.53. The predicted octanol–water partition coefficient (Wildman–Crippen LogP) is 3.87. The van der Waals surface area contributed by atoms with Gasteiger partial charge < -0.3 is 19.7 Å². The Labute approximate surface area is 153 Å². The van der Waals surface area contributed by atoms with Crippen LogP contribution >= 0.6 is 0 Å². The van der Waals surface area contributed by atoms with Crippen LogP contribution in [0.2, 0.25) is 0 Å². The SMILES string of the molecule is COc1ccc(CNc2nccc(N(C)c3ccccc3)n2)cc1OC. The van der Waals surface area contributed by atoms with Crippen LogP contribution in [0.3, 0.4) is 0 Å². The maximum Gasteiger partial charge on any atom is 0.224 e. The van der Waals surface area contributed by atoms with E-state index in [9.17, 15) is 0 Å². The van der Waals surface area contributed by atoms with Gasteiger partial charge >= 0.3 is 0 Å². The quantitative estimate of drug-likeness (QED) is 0.698. The summed E-state index contributed by atoms with van der Waals surface area (Å²) in [6, 6.07) is 17.8. The van der Waals surface area contributed by atoms with Gasteiger partial charge in [0.2, 0.25) is 5.95 Å². The summed E-state index contributed by atoms with van der Waals surface area (Å²) in [6.07, 6.45) is 1.75. The van der Waals surface area contributed by atoms with Crippen molar-refractivity contribution in [3.8, 4) is 11.5 Å². The van der Waals surface area contributed by atoms with Gasteiger partial charge in [0.15, 0.2) is 11.5 Å². The molecule has 0 bridgehead atoms. The number of ether oxygens (including phenoxy) is 2. The van der Waals surface area contributed by atoms with Crippen molar-refractivity contribution >= 4 is 17.5 Å². The molecule has 3 aromatic rings. The monoisotopic (exact) mass is 350 g/mol. The van der Waals surface area contributed by atoms with Gasteiger partial charge in [0.1, 0.15) is 5.82 Å². The van der Waals surface area contributed by atoms with Gasteiger partial charge in [0.25, 0.3) is 0 Å². The zero-order valence-electron chi connectivity index (χ0n) is 15.1. The Morgan fingerprint density at radius 3 is 2.46 bits per heavy atom. The maximum atomic E-state index is 5.34. The van der Waals surface area contributed by atoms with Crippen LogP contribution in [0.15, 0.2) is 60.8 Å². The third kappa shape index (κ3) is 4.03. The van der Waals surface area contributed by atoms with Crippen molar-refractivity contribution in [3.63, 3.8) is 0 Å². The zero-order valence-corrected chi connectivity index (χ0v) is 15.1. The maximum absolute atomic E-state index is 5.34. The van der Waals surface area contributed by atoms with Gasteiger partial charge in [-0.2, -0.15) is 4.98 Å². The van der Waals surface area contributed by atoms with Crippen LogP contribution in [0.25, 0.3) is 0 Å². The van der Waals surface area contributed by atoms with Crippen LogP contribution in [-0.4, -0.2) is 31.2 Å². The minimum atomic E-state index is 0.570. The predicted molar refractivity (Wildman–Crippen MR) is 103 cm³/mol. The first-order chi connectivity index (χ1) is 12.7. The lowest BCUT2D eigenvalue weighted by Crippen LogP contribution is -2.13. The highest BCUT2D eigenvalue weighted by atomic mass is 16.5. The summed E-state index contributed by atoms with van der Waals surface area (Å²) in [5, 5.41) is 3.25. The molecule has 0 aliphatic heterocycles. The Hall–Kier alpha value is -3.28. The summed E-state index contributed by atoms with van der Waals surface area (Å²) >= 11 is 0. The summed E-state index contributed by atoms with van der Waals surface area (Å²) in [4.78, 5) is 10.9. The van der Waals surface area contributed by atoms with Crippen molar-refractivity contribution in [2.24, 2.45) is 0 Å². The molecule has 0 saturated heterocycles. The molecule has 0 aliphatic carbocycles. The van der Waals surface area contributed by atoms with Crippen molar-refractivity contribution in [1.82, 2.24) is 9.97 Å². The van der Waals surface area contributed by atoms with E-state index in [1.54, 1.807) is 20.4 Å². The second-order valence-electron chi connectivity index (χ2n) is 5.68. The number of nitrogens with zero attached hydrogens (tertiary/aromatic N) is 3. The Morgan fingerprint density at radius 1 is 0.962 bits per heavy atom. The van der Waals surface area contributed by atoms with Crippen LogP contribution in [0.5, 0.6) is 11.5 Å². The van der Waals surface area contributed by atoms with E-state index in [0.29, 0.717) is 24.0 Å². The van der Waals surface area contributed by atoms with Crippen LogP contribution < -0.4 is 19.7 Å². The number of para-hydroxylation sites is 1. The normalized spacial score (nSPS) is 10.3. The lowest BCUT2D eigenvalue weighted by molar-refractivity contribution is 0.354. The molecule has 0 saturated carbocycles. The first-order valence-corrected chi connectivity index (χ1v) is 8.28. The number of benzene rings is 2. The summed E-state index contributed by atoms with van der Waals surface area (Å²) in [7, 11) is 5.23. The van der Waals surface area contributed by atoms with Crippen molar-refractivity contribution in [3.05, 3.63) is 66.4 Å². The molecule has 0 aliphatic rings. The molecule has 0 atom stereocenters. The molecule has 0 fully saturated rings. The minimum absolute atomic E-state index is 0.570. The topological polar surface area (TPSA) is 59.5 Å². The van der Waals surface area contributed by atoms with Crippen LogP contribution in [0.1, 0.15) is 5.56 Å². The summed E-state index contributed by atoms with van der Waals surface area (Å²) in [5.74, 6) is 2.80. The fraction of sp³-hybridized carbons (Fsp3) is 0.200. The number of aromatic nitrogens is 2. The number of anilines is 3. The Morgan fingerprint density at radius 2 is 1.73 bits per heavy atom. The van der Waals surface area contributed by atoms with Crippen molar-refractivity contribution in [2.75, 3.05) is 31.5 Å². The summed E-state index contributed by atoms with van der Waals surface area (Å²) in [6.45, 7) is 0.582. The van der Waals surface area contributed by atoms with Gasteiger partial charge in [-0.05, 0) is 35.9 Å². The van der Waals surface area contributed by atoms with Gasteiger partial charge in [0, 0.05) is 25.5 Å². The molecule has 0 amide bonds. The van der Waals surface area contributed by atoms with Crippen molar-refractivity contribution in [1.29, 1.82) is 0 Å². The van der Waals surface area contributed by atoms with E-state index < -0.39 is 0 Å². The molecular formula is C20H22N4O2. The number of nitrogens with one attached hydrogen (secondary N) is 1. The van der Waals surface area contributed by atoms with Crippen LogP contribution in [0, 0.1) is 0 Å². The average Bonchev–Trinajstić information content (AvgIpc) is 2.72. The van der Waals surface area contributed by atoms with Gasteiger partial charge in [-0.1, -0.05) is 24.3 Å². The van der Waals surface area contributed by atoms with E-state index in [0.717, 1.165) is 17.1 Å². The lowest BCUT2D eigenvalue weighted by atomic mass is 10.2. The molecule has 6 heteroatoms. The third-order valence-corrected chi connectivity index (χ3v) is 4.03. The van der Waals surface area contributed by atoms with E-state index in [-0.39, 0.29) is 0 Å². The third-order valence-electron chi connectivity index (χ3n) is 4.03. The first-order valence-electron chi connectivity index (χ1n) is 8.28. The molecule has 6 nitrogen and oxygen atoms in total. The number of rotatable bonds is 7. The summed E-state index contributed by atoms with van der Waals surface area (Å²) in [5.41, 5.74) is 2.12. The van der Waals surface area contributed by atoms with Crippen molar-refractivity contribution in [2.45, 2.75) is 6.54 Å². The van der Waals surface area contributed by atoms with Crippen LogP contribution in [0.4, 0.5) is 17.5 Å². The van der Waals surface area contributed by atoms with Crippen molar-refractivity contribution < 1.29 is 9.47 Å². The molecule has 0 spiro atoms. The second-order valence-corrected chi connectivity index (χ2v) is 5.68. The summed E-state index contributed by atoms with van der Waals surface area (Å²) < 4.78 is 10.6. The highest BCUT2D eigenvalue weighted by Crippen LogP contribution is 2.28. The molecule has 0 unspecified atom stereocenters. The molecule has 3 rings (SSSR count). The fourth-order valence-corrected chi connectivity index (χ4v) is 2.58. The number of hydrogen-bond acceptors (Lipinski definition) is 6. The number of hydrogen-bond donors (Lipinski definition) is 1. The van der Waals surface area contributed by atoms with E-state index >= 15 is 0 Å². The van der Waals surface area contributed by atoms with E-state index in [1.807, 2.05) is 66.5 Å². The zero-order chi connectivity index (χ0) is 18.4. The number of methoxy groups -OCH3 is 2. The smallest absolute Gasteiger partial charge is 0.224 e. The van der Waals surface area contributed by atoms with Gasteiger partial charge in [-0.15, -0.1) is 0 Å². The fourth-order valence-electron chi connectivity index (χ4n) is 2.58. The minimum Gasteiger partial charge on any atom is -0.493 e. The first kappa shape index (κ1) is 17.5. The van der Waals surface area contributed by atoms with Gasteiger partial charge in [-0.3, -0.25) is 0 Å². The molecule has 0 radical (unpaired) electrons. The highest BCUT2D eigenvalue weighted by molar-refractivity contribution is 5.59. The Bertz CT molecular complexity index is 855. The largest absolute Gasteiger partial charge is 0.493 e.